The molecule has 5 heteroatoms. The van der Waals surface area contributed by atoms with E-state index in [-0.39, 0.29) is 6.09 Å². The predicted molar refractivity (Wildman–Crippen MR) is 75.1 cm³/mol. The molecule has 112 valence electrons. The highest BCUT2D eigenvalue weighted by Crippen LogP contribution is 2.17. The summed E-state index contributed by atoms with van der Waals surface area (Å²) in [5, 5.41) is 12.9. The summed E-state index contributed by atoms with van der Waals surface area (Å²) in [6.45, 7) is 8.83. The maximum Gasteiger partial charge on any atom is 0.410 e. The first kappa shape index (κ1) is 16.2. The van der Waals surface area contributed by atoms with E-state index in [1.165, 1.54) is 19.3 Å². The zero-order chi connectivity index (χ0) is 14.5. The van der Waals surface area contributed by atoms with Crippen molar-refractivity contribution in [1.29, 1.82) is 0 Å². The monoisotopic (exact) mass is 272 g/mol. The van der Waals surface area contributed by atoms with E-state index in [0.29, 0.717) is 19.1 Å². The highest BCUT2D eigenvalue weighted by Gasteiger charge is 2.23. The maximum absolute atomic E-state index is 12.0. The highest BCUT2D eigenvalue weighted by molar-refractivity contribution is 5.68. The minimum atomic E-state index is -0.545. The standard InChI is InChI=1S/C14H28N2O3/c1-11(17)10-16(13(18)19-14(2,3)4)9-8-15-12-6-5-7-12/h11-12,15,17H,5-10H2,1-4H3. The third-order valence-corrected chi connectivity index (χ3v) is 3.06. The number of hydrogen-bond acceptors (Lipinski definition) is 4. The number of aliphatic hydroxyl groups excluding tert-OH is 1. The van der Waals surface area contributed by atoms with Crippen molar-refractivity contribution < 1.29 is 14.6 Å². The minimum Gasteiger partial charge on any atom is -0.444 e. The number of ether oxygens (including phenoxy) is 1. The average molecular weight is 272 g/mol. The van der Waals surface area contributed by atoms with E-state index < -0.39 is 11.7 Å². The van der Waals surface area contributed by atoms with Crippen LogP contribution in [0.3, 0.4) is 0 Å². The molecular formula is C14H28N2O3. The molecule has 1 atom stereocenters. The molecule has 1 aliphatic carbocycles. The summed E-state index contributed by atoms with van der Waals surface area (Å²) in [4.78, 5) is 13.6. The lowest BCUT2D eigenvalue weighted by Gasteiger charge is -2.30. The van der Waals surface area contributed by atoms with Crippen molar-refractivity contribution in [1.82, 2.24) is 10.2 Å². The molecule has 19 heavy (non-hydrogen) atoms. The Morgan fingerprint density at radius 2 is 2.11 bits per heavy atom. The van der Waals surface area contributed by atoms with Crippen LogP contribution in [-0.4, -0.2) is 53.5 Å². The number of amides is 1. The molecule has 1 amide bonds. The topological polar surface area (TPSA) is 61.8 Å². The first-order chi connectivity index (χ1) is 8.78. The van der Waals surface area contributed by atoms with Crippen molar-refractivity contribution in [2.45, 2.75) is 64.7 Å². The second-order valence-electron chi connectivity index (χ2n) is 6.36. The summed E-state index contributed by atoms with van der Waals surface area (Å²) in [6, 6.07) is 0.604. The fraction of sp³-hybridized carbons (Fsp3) is 0.929. The van der Waals surface area contributed by atoms with Crippen molar-refractivity contribution in [2.24, 2.45) is 0 Å². The van der Waals surface area contributed by atoms with Crippen LogP contribution in [0.1, 0.15) is 47.0 Å². The van der Waals surface area contributed by atoms with Crippen LogP contribution in [-0.2, 0) is 4.74 Å². The molecule has 0 aliphatic heterocycles. The molecule has 2 N–H and O–H groups in total. The van der Waals surface area contributed by atoms with Gasteiger partial charge in [0.2, 0.25) is 0 Å². The molecule has 1 rings (SSSR count). The van der Waals surface area contributed by atoms with Crippen LogP contribution in [0.15, 0.2) is 0 Å². The third-order valence-electron chi connectivity index (χ3n) is 3.06. The van der Waals surface area contributed by atoms with E-state index in [4.69, 9.17) is 4.74 Å². The van der Waals surface area contributed by atoms with Gasteiger partial charge in [0, 0.05) is 25.7 Å². The Labute approximate surface area is 116 Å². The smallest absolute Gasteiger partial charge is 0.410 e. The average Bonchev–Trinajstić information content (AvgIpc) is 2.16. The van der Waals surface area contributed by atoms with Crippen LogP contribution in [0, 0.1) is 0 Å². The first-order valence-electron chi connectivity index (χ1n) is 7.17. The third kappa shape index (κ3) is 6.78. The molecule has 0 aromatic rings. The van der Waals surface area contributed by atoms with Crippen LogP contribution in [0.4, 0.5) is 4.79 Å². The molecule has 1 fully saturated rings. The van der Waals surface area contributed by atoms with Gasteiger partial charge in [-0.2, -0.15) is 0 Å². The van der Waals surface area contributed by atoms with Crippen LogP contribution < -0.4 is 5.32 Å². The molecule has 0 bridgehead atoms. The number of hydrogen-bond donors (Lipinski definition) is 2. The van der Waals surface area contributed by atoms with Gasteiger partial charge < -0.3 is 20.1 Å². The van der Waals surface area contributed by atoms with Crippen molar-refractivity contribution in [3.05, 3.63) is 0 Å². The van der Waals surface area contributed by atoms with Crippen molar-refractivity contribution in [2.75, 3.05) is 19.6 Å². The number of aliphatic hydroxyl groups is 1. The van der Waals surface area contributed by atoms with Crippen LogP contribution in [0.5, 0.6) is 0 Å². The zero-order valence-corrected chi connectivity index (χ0v) is 12.6. The SMILES string of the molecule is CC(O)CN(CCNC1CCC1)C(=O)OC(C)(C)C. The molecule has 1 aliphatic rings. The lowest BCUT2D eigenvalue weighted by Crippen LogP contribution is -2.45. The molecule has 0 radical (unpaired) electrons. The van der Waals surface area contributed by atoms with Gasteiger partial charge in [-0.1, -0.05) is 6.42 Å². The molecule has 5 nitrogen and oxygen atoms in total. The predicted octanol–water partition coefficient (Wildman–Crippen LogP) is 1.75. The fourth-order valence-corrected chi connectivity index (χ4v) is 1.92. The number of nitrogens with zero attached hydrogens (tertiary/aromatic N) is 1. The normalized spacial score (nSPS) is 17.7. The van der Waals surface area contributed by atoms with Crippen LogP contribution >= 0.6 is 0 Å². The van der Waals surface area contributed by atoms with Gasteiger partial charge >= 0.3 is 6.09 Å². The van der Waals surface area contributed by atoms with Crippen LogP contribution in [0.2, 0.25) is 0 Å². The van der Waals surface area contributed by atoms with Gasteiger partial charge in [0.1, 0.15) is 5.60 Å². The fourth-order valence-electron chi connectivity index (χ4n) is 1.92. The van der Waals surface area contributed by atoms with Gasteiger partial charge in [0.15, 0.2) is 0 Å². The van der Waals surface area contributed by atoms with Gasteiger partial charge in [-0.15, -0.1) is 0 Å². The van der Waals surface area contributed by atoms with E-state index >= 15 is 0 Å². The number of carbonyl (C=O) groups is 1. The molecule has 0 saturated heterocycles. The Balaban J connectivity index is 2.38. The number of nitrogens with one attached hydrogen (secondary N) is 1. The Hall–Kier alpha value is -0.810. The molecule has 0 aromatic carbocycles. The quantitative estimate of drug-likeness (QED) is 0.773. The lowest BCUT2D eigenvalue weighted by atomic mass is 9.93. The Bertz CT molecular complexity index is 283. The molecule has 1 unspecified atom stereocenters. The Kier molecular flexibility index (Phi) is 6.07. The largest absolute Gasteiger partial charge is 0.444 e. The molecular weight excluding hydrogens is 244 g/mol. The molecule has 1 saturated carbocycles. The van der Waals surface area contributed by atoms with Gasteiger partial charge in [-0.3, -0.25) is 0 Å². The van der Waals surface area contributed by atoms with E-state index in [1.807, 2.05) is 20.8 Å². The van der Waals surface area contributed by atoms with Crippen molar-refractivity contribution in [3.8, 4) is 0 Å². The minimum absolute atomic E-state index is 0.307. The summed E-state index contributed by atoms with van der Waals surface area (Å²) in [6.07, 6.45) is 2.84. The molecule has 0 aromatic heterocycles. The van der Waals surface area contributed by atoms with Gasteiger partial charge in [0.25, 0.3) is 0 Å². The Morgan fingerprint density at radius 1 is 1.47 bits per heavy atom. The maximum atomic E-state index is 12.0. The summed E-state index contributed by atoms with van der Waals surface area (Å²) < 4.78 is 5.35. The second kappa shape index (κ2) is 7.10. The van der Waals surface area contributed by atoms with E-state index in [2.05, 4.69) is 5.32 Å². The van der Waals surface area contributed by atoms with Crippen molar-refractivity contribution >= 4 is 6.09 Å². The zero-order valence-electron chi connectivity index (χ0n) is 12.6. The van der Waals surface area contributed by atoms with E-state index in [9.17, 15) is 9.90 Å². The lowest BCUT2D eigenvalue weighted by molar-refractivity contribution is 0.0161. The first-order valence-corrected chi connectivity index (χ1v) is 7.17. The van der Waals surface area contributed by atoms with Crippen molar-refractivity contribution in [3.63, 3.8) is 0 Å². The van der Waals surface area contributed by atoms with Gasteiger partial charge in [-0.05, 0) is 40.5 Å². The molecule has 0 heterocycles. The summed E-state index contributed by atoms with van der Waals surface area (Å²) in [7, 11) is 0. The summed E-state index contributed by atoms with van der Waals surface area (Å²) in [5.41, 5.74) is -0.505. The van der Waals surface area contributed by atoms with Gasteiger partial charge in [-0.25, -0.2) is 4.79 Å². The summed E-state index contributed by atoms with van der Waals surface area (Å²) >= 11 is 0. The molecule has 0 spiro atoms. The van der Waals surface area contributed by atoms with E-state index in [1.54, 1.807) is 11.8 Å². The highest BCUT2D eigenvalue weighted by atomic mass is 16.6. The second-order valence-corrected chi connectivity index (χ2v) is 6.36. The Morgan fingerprint density at radius 3 is 2.53 bits per heavy atom. The number of rotatable bonds is 6. The number of carbonyl (C=O) groups excluding carboxylic acids is 1. The van der Waals surface area contributed by atoms with Crippen LogP contribution in [0.25, 0.3) is 0 Å². The van der Waals surface area contributed by atoms with E-state index in [0.717, 1.165) is 6.54 Å². The summed E-state index contributed by atoms with van der Waals surface area (Å²) in [5.74, 6) is 0. The van der Waals surface area contributed by atoms with Gasteiger partial charge in [0.05, 0.1) is 6.10 Å².